The van der Waals surface area contributed by atoms with Crippen molar-refractivity contribution in [2.45, 2.75) is 19.0 Å². The summed E-state index contributed by atoms with van der Waals surface area (Å²) in [4.78, 5) is 26.5. The third-order valence-electron chi connectivity index (χ3n) is 5.44. The van der Waals surface area contributed by atoms with Gasteiger partial charge in [-0.15, -0.1) is 0 Å². The summed E-state index contributed by atoms with van der Waals surface area (Å²) in [5, 5.41) is 8.59. The number of rotatable bonds is 5. The van der Waals surface area contributed by atoms with Gasteiger partial charge >= 0.3 is 0 Å². The predicted molar refractivity (Wildman–Crippen MR) is 122 cm³/mol. The van der Waals surface area contributed by atoms with Crippen molar-refractivity contribution >= 4 is 45.9 Å². The van der Waals surface area contributed by atoms with E-state index in [0.717, 1.165) is 30.8 Å². The molecule has 0 bridgehead atoms. The molecule has 0 spiro atoms. The van der Waals surface area contributed by atoms with Gasteiger partial charge in [0.1, 0.15) is 5.52 Å². The van der Waals surface area contributed by atoms with Crippen molar-refractivity contribution in [3.05, 3.63) is 74.9 Å². The first-order valence-electron chi connectivity index (χ1n) is 9.89. The minimum Gasteiger partial charge on any atom is -0.369 e. The van der Waals surface area contributed by atoms with Gasteiger partial charge in [-0.25, -0.2) is 4.98 Å². The first kappa shape index (κ1) is 19.8. The van der Waals surface area contributed by atoms with Gasteiger partial charge in [0.2, 0.25) is 5.95 Å². The highest BCUT2D eigenvalue weighted by Gasteiger charge is 2.27. The lowest BCUT2D eigenvalue weighted by atomic mass is 10.2. The first-order valence-corrected chi connectivity index (χ1v) is 10.6. The van der Waals surface area contributed by atoms with Gasteiger partial charge < -0.3 is 10.2 Å². The number of anilines is 2. The first-order chi connectivity index (χ1) is 15.1. The minimum absolute atomic E-state index is 0.101. The van der Waals surface area contributed by atoms with Crippen LogP contribution in [0.1, 0.15) is 18.0 Å². The molecule has 8 nitrogen and oxygen atoms in total. The molecule has 1 aromatic carbocycles. The van der Waals surface area contributed by atoms with Crippen molar-refractivity contribution in [3.63, 3.8) is 0 Å². The monoisotopic (exact) mass is 455 g/mol. The summed E-state index contributed by atoms with van der Waals surface area (Å²) in [5.41, 5.74) is 2.87. The Kier molecular flexibility index (Phi) is 5.25. The molecule has 158 valence electrons. The number of aromatic nitrogens is 5. The van der Waals surface area contributed by atoms with E-state index in [0.29, 0.717) is 33.6 Å². The Bertz CT molecular complexity index is 1290. The molecule has 2 N–H and O–H groups in total. The second kappa shape index (κ2) is 8.20. The third-order valence-corrected chi connectivity index (χ3v) is 6.18. The molecule has 1 saturated heterocycles. The van der Waals surface area contributed by atoms with Gasteiger partial charge in [-0.3, -0.25) is 19.4 Å². The van der Waals surface area contributed by atoms with Crippen molar-refractivity contribution < 1.29 is 0 Å². The smallest absolute Gasteiger partial charge is 0.278 e. The number of nitrogens with one attached hydrogen (secondary N) is 2. The Morgan fingerprint density at radius 2 is 2.00 bits per heavy atom. The van der Waals surface area contributed by atoms with Gasteiger partial charge in [0.05, 0.1) is 22.3 Å². The SMILES string of the molecule is O=c1[nH]c(NCc2ccc(Cl)c(Cl)c2)nc2cnn(C3CCN(c4ccncc4)C3)c12. The molecular formula is C21H19Cl2N7O. The van der Waals surface area contributed by atoms with Crippen LogP contribution in [0.5, 0.6) is 0 Å². The lowest BCUT2D eigenvalue weighted by Gasteiger charge is -2.18. The number of halogens is 2. The zero-order chi connectivity index (χ0) is 21.4. The van der Waals surface area contributed by atoms with E-state index in [1.165, 1.54) is 0 Å². The zero-order valence-corrected chi connectivity index (χ0v) is 17.9. The van der Waals surface area contributed by atoms with Crippen LogP contribution in [0, 0.1) is 0 Å². The highest BCUT2D eigenvalue weighted by Crippen LogP contribution is 2.28. The van der Waals surface area contributed by atoms with E-state index in [2.05, 4.69) is 30.3 Å². The van der Waals surface area contributed by atoms with Crippen LogP contribution in [0.3, 0.4) is 0 Å². The Morgan fingerprint density at radius 1 is 1.16 bits per heavy atom. The van der Waals surface area contributed by atoms with Crippen LogP contribution in [0.15, 0.2) is 53.7 Å². The van der Waals surface area contributed by atoms with Crippen LogP contribution in [0.2, 0.25) is 10.0 Å². The Morgan fingerprint density at radius 3 is 2.81 bits per heavy atom. The molecule has 1 fully saturated rings. The average Bonchev–Trinajstić information content (AvgIpc) is 3.43. The number of benzene rings is 1. The number of aromatic amines is 1. The zero-order valence-electron chi connectivity index (χ0n) is 16.4. The van der Waals surface area contributed by atoms with Crippen LogP contribution in [-0.4, -0.2) is 37.8 Å². The summed E-state index contributed by atoms with van der Waals surface area (Å²) in [7, 11) is 0. The van der Waals surface area contributed by atoms with Gasteiger partial charge in [-0.05, 0) is 36.2 Å². The van der Waals surface area contributed by atoms with E-state index in [1.54, 1.807) is 35.4 Å². The van der Waals surface area contributed by atoms with E-state index in [4.69, 9.17) is 23.2 Å². The maximum Gasteiger partial charge on any atom is 0.278 e. The van der Waals surface area contributed by atoms with Crippen molar-refractivity contribution in [1.82, 2.24) is 24.7 Å². The lowest BCUT2D eigenvalue weighted by Crippen LogP contribution is -2.23. The topological polar surface area (TPSA) is 91.7 Å². The summed E-state index contributed by atoms with van der Waals surface area (Å²) in [6.07, 6.45) is 6.11. The largest absolute Gasteiger partial charge is 0.369 e. The van der Waals surface area contributed by atoms with Gasteiger partial charge in [0.25, 0.3) is 5.56 Å². The molecular weight excluding hydrogens is 437 g/mol. The maximum absolute atomic E-state index is 12.8. The van der Waals surface area contributed by atoms with Crippen molar-refractivity contribution in [1.29, 1.82) is 0 Å². The Balaban J connectivity index is 1.35. The van der Waals surface area contributed by atoms with Crippen LogP contribution < -0.4 is 15.8 Å². The molecule has 0 radical (unpaired) electrons. The van der Waals surface area contributed by atoms with Crippen molar-refractivity contribution in [2.75, 3.05) is 23.3 Å². The molecule has 5 rings (SSSR count). The van der Waals surface area contributed by atoms with E-state index in [9.17, 15) is 4.79 Å². The fourth-order valence-electron chi connectivity index (χ4n) is 3.90. The van der Waals surface area contributed by atoms with Crippen LogP contribution in [0.4, 0.5) is 11.6 Å². The number of pyridine rings is 1. The Hall–Kier alpha value is -3.10. The number of nitrogens with zero attached hydrogens (tertiary/aromatic N) is 5. The normalized spacial score (nSPS) is 16.2. The fraction of sp³-hybridized carbons (Fsp3) is 0.238. The van der Waals surface area contributed by atoms with Gasteiger partial charge in [0.15, 0.2) is 5.52 Å². The van der Waals surface area contributed by atoms with E-state index < -0.39 is 0 Å². The molecule has 4 aromatic rings. The Labute approximate surface area is 187 Å². The lowest BCUT2D eigenvalue weighted by molar-refractivity contribution is 0.509. The summed E-state index contributed by atoms with van der Waals surface area (Å²) in [5.74, 6) is 0.382. The maximum atomic E-state index is 12.8. The number of hydrogen-bond acceptors (Lipinski definition) is 6. The standard InChI is InChI=1S/C21H19Cl2N7O/c22-16-2-1-13(9-17(16)23)10-25-21-27-18-11-26-30(19(18)20(31)28-21)15-5-8-29(12-15)14-3-6-24-7-4-14/h1-4,6-7,9,11,15H,5,8,10,12H2,(H2,25,27,28,31). The van der Waals surface area contributed by atoms with Gasteiger partial charge in [-0.2, -0.15) is 5.10 Å². The summed E-state index contributed by atoms with van der Waals surface area (Å²) >= 11 is 12.0. The van der Waals surface area contributed by atoms with Crippen molar-refractivity contribution in [3.8, 4) is 0 Å². The number of H-pyrrole nitrogens is 1. The predicted octanol–water partition coefficient (Wildman–Crippen LogP) is 3.88. The molecule has 1 atom stereocenters. The quantitative estimate of drug-likeness (QED) is 0.474. The molecule has 1 aliphatic rings. The number of hydrogen-bond donors (Lipinski definition) is 2. The van der Waals surface area contributed by atoms with Crippen LogP contribution in [-0.2, 0) is 6.54 Å². The molecule has 4 heterocycles. The van der Waals surface area contributed by atoms with Crippen LogP contribution >= 0.6 is 23.2 Å². The summed E-state index contributed by atoms with van der Waals surface area (Å²) in [6, 6.07) is 9.46. The second-order valence-corrected chi connectivity index (χ2v) is 8.25. The van der Waals surface area contributed by atoms with Crippen molar-refractivity contribution in [2.24, 2.45) is 0 Å². The third kappa shape index (κ3) is 3.96. The summed E-state index contributed by atoms with van der Waals surface area (Å²) < 4.78 is 1.80. The summed E-state index contributed by atoms with van der Waals surface area (Å²) in [6.45, 7) is 2.12. The molecule has 1 unspecified atom stereocenters. The molecule has 0 saturated carbocycles. The van der Waals surface area contributed by atoms with Gasteiger partial charge in [0, 0.05) is 37.7 Å². The molecule has 10 heteroatoms. The van der Waals surface area contributed by atoms with E-state index >= 15 is 0 Å². The molecule has 31 heavy (non-hydrogen) atoms. The second-order valence-electron chi connectivity index (χ2n) is 7.43. The average molecular weight is 456 g/mol. The number of fused-ring (bicyclic) bond motifs is 1. The molecule has 1 aliphatic heterocycles. The highest BCUT2D eigenvalue weighted by atomic mass is 35.5. The van der Waals surface area contributed by atoms with Crippen LogP contribution in [0.25, 0.3) is 11.0 Å². The highest BCUT2D eigenvalue weighted by molar-refractivity contribution is 6.42. The van der Waals surface area contributed by atoms with E-state index in [-0.39, 0.29) is 11.6 Å². The molecule has 3 aromatic heterocycles. The minimum atomic E-state index is -0.221. The molecule has 0 amide bonds. The van der Waals surface area contributed by atoms with Gasteiger partial charge in [-0.1, -0.05) is 29.3 Å². The fourth-order valence-corrected chi connectivity index (χ4v) is 4.22. The van der Waals surface area contributed by atoms with E-state index in [1.807, 2.05) is 18.2 Å². The molecule has 0 aliphatic carbocycles.